The molecule has 0 spiro atoms. The van der Waals surface area contributed by atoms with Crippen molar-refractivity contribution in [2.24, 2.45) is 5.92 Å². The first kappa shape index (κ1) is 18.6. The maximum absolute atomic E-state index is 12.9. The van der Waals surface area contributed by atoms with E-state index in [1.165, 1.54) is 30.6 Å². The van der Waals surface area contributed by atoms with Crippen LogP contribution in [0.4, 0.5) is 0 Å². The molecule has 0 saturated carbocycles. The van der Waals surface area contributed by atoms with Crippen LogP contribution >= 0.6 is 0 Å². The number of benzene rings is 2. The third-order valence-electron chi connectivity index (χ3n) is 5.60. The molecular weight excluding hydrogens is 354 g/mol. The SMILES string of the molecule is COc1cc([O-])c(C[NH+]2CCCC(C)C2)c2oc(-c3ccccc3)cc(=O)c12. The fourth-order valence-corrected chi connectivity index (χ4v) is 4.21. The van der Waals surface area contributed by atoms with Crippen LogP contribution in [0, 0.1) is 5.92 Å². The Kier molecular flexibility index (Phi) is 5.09. The average Bonchev–Trinajstić information content (AvgIpc) is 2.70. The Balaban J connectivity index is 1.89. The first-order valence-corrected chi connectivity index (χ1v) is 9.80. The number of piperidine rings is 1. The van der Waals surface area contributed by atoms with Crippen molar-refractivity contribution in [2.75, 3.05) is 20.2 Å². The second kappa shape index (κ2) is 7.68. The molecule has 146 valence electrons. The third kappa shape index (κ3) is 3.50. The van der Waals surface area contributed by atoms with Crippen molar-refractivity contribution < 1.29 is 19.2 Å². The summed E-state index contributed by atoms with van der Waals surface area (Å²) >= 11 is 0. The van der Waals surface area contributed by atoms with Gasteiger partial charge in [-0.15, -0.1) is 0 Å². The standard InChI is InChI=1S/C23H25NO4/c1-15-7-6-10-24(13-15)14-17-18(25)11-21(27-2)22-19(26)12-20(28-23(17)22)16-8-4-3-5-9-16/h3-5,8-9,11-12,15,25H,6-7,10,13-14H2,1-2H3. The zero-order valence-electron chi connectivity index (χ0n) is 16.3. The zero-order chi connectivity index (χ0) is 19.7. The van der Waals surface area contributed by atoms with E-state index in [2.05, 4.69) is 6.92 Å². The van der Waals surface area contributed by atoms with E-state index in [1.807, 2.05) is 30.3 Å². The molecule has 3 aromatic rings. The largest absolute Gasteiger partial charge is 0.872 e. The van der Waals surface area contributed by atoms with Crippen molar-refractivity contribution in [2.45, 2.75) is 26.3 Å². The van der Waals surface area contributed by atoms with E-state index >= 15 is 0 Å². The molecule has 1 aromatic heterocycles. The van der Waals surface area contributed by atoms with Gasteiger partial charge in [0.05, 0.1) is 20.2 Å². The topological polar surface area (TPSA) is 66.9 Å². The number of nitrogens with one attached hydrogen (secondary N) is 1. The molecule has 28 heavy (non-hydrogen) atoms. The molecule has 1 aliphatic rings. The summed E-state index contributed by atoms with van der Waals surface area (Å²) in [4.78, 5) is 14.3. The van der Waals surface area contributed by atoms with Crippen LogP contribution in [0.3, 0.4) is 0 Å². The maximum Gasteiger partial charge on any atom is 0.197 e. The van der Waals surface area contributed by atoms with E-state index in [0.29, 0.717) is 34.8 Å². The minimum absolute atomic E-state index is 0.136. The van der Waals surface area contributed by atoms with Gasteiger partial charge in [0.1, 0.15) is 23.4 Å². The molecule has 0 radical (unpaired) electrons. The number of methoxy groups -OCH3 is 1. The summed E-state index contributed by atoms with van der Waals surface area (Å²) in [5.74, 6) is 1.24. The van der Waals surface area contributed by atoms with Gasteiger partial charge >= 0.3 is 0 Å². The average molecular weight is 379 g/mol. The Hall–Kier alpha value is -2.79. The molecule has 5 heteroatoms. The van der Waals surface area contributed by atoms with Crippen molar-refractivity contribution in [1.29, 1.82) is 0 Å². The van der Waals surface area contributed by atoms with Gasteiger partial charge in [0.25, 0.3) is 0 Å². The number of quaternary nitrogens is 1. The van der Waals surface area contributed by atoms with Crippen LogP contribution < -0.4 is 20.2 Å². The highest BCUT2D eigenvalue weighted by Gasteiger charge is 2.23. The van der Waals surface area contributed by atoms with Crippen LogP contribution in [0.1, 0.15) is 25.3 Å². The number of fused-ring (bicyclic) bond motifs is 1. The maximum atomic E-state index is 12.9. The van der Waals surface area contributed by atoms with Crippen LogP contribution in [0.25, 0.3) is 22.3 Å². The lowest BCUT2D eigenvalue weighted by Gasteiger charge is -2.29. The van der Waals surface area contributed by atoms with Crippen molar-refractivity contribution in [3.8, 4) is 22.8 Å². The third-order valence-corrected chi connectivity index (χ3v) is 5.60. The fourth-order valence-electron chi connectivity index (χ4n) is 4.21. The first-order chi connectivity index (χ1) is 13.6. The molecule has 1 N–H and O–H groups in total. The van der Waals surface area contributed by atoms with E-state index < -0.39 is 0 Å². The Morgan fingerprint density at radius 1 is 1.25 bits per heavy atom. The van der Waals surface area contributed by atoms with E-state index in [1.54, 1.807) is 0 Å². The molecule has 0 aliphatic carbocycles. The van der Waals surface area contributed by atoms with Crippen LogP contribution in [-0.4, -0.2) is 20.2 Å². The lowest BCUT2D eigenvalue weighted by molar-refractivity contribution is -0.922. The Labute approximate surface area is 164 Å². The number of likely N-dealkylation sites (tertiary alicyclic amines) is 1. The van der Waals surface area contributed by atoms with Crippen LogP contribution in [-0.2, 0) is 6.54 Å². The van der Waals surface area contributed by atoms with Crippen molar-refractivity contribution in [1.82, 2.24) is 0 Å². The highest BCUT2D eigenvalue weighted by molar-refractivity contribution is 5.89. The van der Waals surface area contributed by atoms with Crippen LogP contribution in [0.15, 0.2) is 51.7 Å². The molecule has 0 amide bonds. The lowest BCUT2D eigenvalue weighted by atomic mass is 9.99. The summed E-state index contributed by atoms with van der Waals surface area (Å²) in [7, 11) is 1.47. The van der Waals surface area contributed by atoms with E-state index in [0.717, 1.165) is 25.1 Å². The van der Waals surface area contributed by atoms with E-state index in [-0.39, 0.29) is 16.9 Å². The van der Waals surface area contributed by atoms with Gasteiger partial charge < -0.3 is 19.2 Å². The molecule has 1 fully saturated rings. The summed E-state index contributed by atoms with van der Waals surface area (Å²) in [5.41, 5.74) is 1.54. The van der Waals surface area contributed by atoms with Gasteiger partial charge in [-0.25, -0.2) is 0 Å². The van der Waals surface area contributed by atoms with Gasteiger partial charge in [-0.1, -0.05) is 43.0 Å². The summed E-state index contributed by atoms with van der Waals surface area (Å²) in [6, 6.07) is 12.4. The van der Waals surface area contributed by atoms with Gasteiger partial charge in [0.2, 0.25) is 0 Å². The summed E-state index contributed by atoms with van der Waals surface area (Å²) in [6.45, 7) is 4.86. The zero-order valence-corrected chi connectivity index (χ0v) is 16.3. The molecule has 2 atom stereocenters. The first-order valence-electron chi connectivity index (χ1n) is 9.80. The summed E-state index contributed by atoms with van der Waals surface area (Å²) in [6.07, 6.45) is 2.38. The van der Waals surface area contributed by atoms with Crippen molar-refractivity contribution >= 4 is 11.0 Å². The predicted octanol–water partition coefficient (Wildman–Crippen LogP) is 2.36. The Bertz CT molecular complexity index is 1040. The monoisotopic (exact) mass is 379 g/mol. The van der Waals surface area contributed by atoms with Gasteiger partial charge in [-0.3, -0.25) is 4.79 Å². The minimum atomic E-state index is -0.194. The lowest BCUT2D eigenvalue weighted by Crippen LogP contribution is -3.12. The molecule has 4 rings (SSSR count). The molecule has 2 unspecified atom stereocenters. The number of hydrogen-bond donors (Lipinski definition) is 1. The van der Waals surface area contributed by atoms with Crippen molar-refractivity contribution in [3.05, 3.63) is 58.3 Å². The molecule has 2 aromatic carbocycles. The minimum Gasteiger partial charge on any atom is -0.872 e. The van der Waals surface area contributed by atoms with Gasteiger partial charge in [-0.2, -0.15) is 0 Å². The second-order valence-corrected chi connectivity index (χ2v) is 7.73. The summed E-state index contributed by atoms with van der Waals surface area (Å²) in [5, 5.41) is 13.2. The Morgan fingerprint density at radius 3 is 2.75 bits per heavy atom. The predicted molar refractivity (Wildman–Crippen MR) is 107 cm³/mol. The highest BCUT2D eigenvalue weighted by Crippen LogP contribution is 2.34. The number of hydrogen-bond acceptors (Lipinski definition) is 4. The van der Waals surface area contributed by atoms with Crippen molar-refractivity contribution in [3.63, 3.8) is 0 Å². The van der Waals surface area contributed by atoms with Gasteiger partial charge in [0.15, 0.2) is 11.0 Å². The van der Waals surface area contributed by atoms with Crippen LogP contribution in [0.2, 0.25) is 0 Å². The van der Waals surface area contributed by atoms with Crippen LogP contribution in [0.5, 0.6) is 11.5 Å². The highest BCUT2D eigenvalue weighted by atomic mass is 16.5. The number of ether oxygens (including phenoxy) is 1. The smallest absolute Gasteiger partial charge is 0.197 e. The molecule has 1 aliphatic heterocycles. The molecular formula is C23H25NO4. The molecule has 1 saturated heterocycles. The normalized spacial score (nSPS) is 19.6. The second-order valence-electron chi connectivity index (χ2n) is 7.73. The molecule has 0 bridgehead atoms. The van der Waals surface area contributed by atoms with Gasteiger partial charge in [0, 0.05) is 23.1 Å². The Morgan fingerprint density at radius 2 is 2.04 bits per heavy atom. The number of rotatable bonds is 4. The molecule has 5 nitrogen and oxygen atoms in total. The quantitative estimate of drug-likeness (QED) is 0.756. The van der Waals surface area contributed by atoms with E-state index in [4.69, 9.17) is 9.15 Å². The summed E-state index contributed by atoms with van der Waals surface area (Å²) < 4.78 is 11.5. The molecule has 2 heterocycles. The van der Waals surface area contributed by atoms with Gasteiger partial charge in [-0.05, 0) is 18.9 Å². The fraction of sp³-hybridized carbons (Fsp3) is 0.348. The van der Waals surface area contributed by atoms with E-state index in [9.17, 15) is 9.90 Å².